The number of anilines is 1. The van der Waals surface area contributed by atoms with Crippen molar-refractivity contribution < 1.29 is 18.7 Å². The van der Waals surface area contributed by atoms with E-state index in [1.54, 1.807) is 24.3 Å². The van der Waals surface area contributed by atoms with E-state index in [9.17, 15) is 9.59 Å². The highest BCUT2D eigenvalue weighted by Crippen LogP contribution is 2.13. The Balaban J connectivity index is 1.44. The second kappa shape index (κ2) is 8.71. The summed E-state index contributed by atoms with van der Waals surface area (Å²) in [6.45, 7) is 2.30. The van der Waals surface area contributed by atoms with Gasteiger partial charge in [0.2, 0.25) is 0 Å². The van der Waals surface area contributed by atoms with Crippen molar-refractivity contribution in [3.05, 3.63) is 83.8 Å². The number of ether oxygens (including phenoxy) is 1. The van der Waals surface area contributed by atoms with Crippen LogP contribution in [0.5, 0.6) is 5.75 Å². The largest absolute Gasteiger partial charge is 0.484 e. The minimum Gasteiger partial charge on any atom is -0.484 e. The zero-order valence-electron chi connectivity index (χ0n) is 14.9. The van der Waals surface area contributed by atoms with Crippen molar-refractivity contribution in [2.24, 2.45) is 0 Å². The molecule has 0 aliphatic rings. The molecule has 27 heavy (non-hydrogen) atoms. The fourth-order valence-corrected chi connectivity index (χ4v) is 2.41. The summed E-state index contributed by atoms with van der Waals surface area (Å²) in [4.78, 5) is 23.8. The molecule has 0 spiro atoms. The lowest BCUT2D eigenvalue weighted by Gasteiger charge is -2.09. The van der Waals surface area contributed by atoms with E-state index in [2.05, 4.69) is 10.6 Å². The van der Waals surface area contributed by atoms with Crippen LogP contribution in [0.3, 0.4) is 0 Å². The summed E-state index contributed by atoms with van der Waals surface area (Å²) >= 11 is 0. The summed E-state index contributed by atoms with van der Waals surface area (Å²) in [5, 5.41) is 5.54. The summed E-state index contributed by atoms with van der Waals surface area (Å²) in [5.41, 5.74) is 2.64. The van der Waals surface area contributed by atoms with Gasteiger partial charge in [-0.05, 0) is 54.4 Å². The van der Waals surface area contributed by atoms with Gasteiger partial charge in [0.15, 0.2) is 12.4 Å². The van der Waals surface area contributed by atoms with Crippen LogP contribution in [0.25, 0.3) is 0 Å². The Hall–Kier alpha value is -3.54. The van der Waals surface area contributed by atoms with Crippen molar-refractivity contribution in [2.45, 2.75) is 13.5 Å². The van der Waals surface area contributed by atoms with Crippen LogP contribution in [0, 0.1) is 6.92 Å². The first-order valence-corrected chi connectivity index (χ1v) is 8.50. The molecule has 1 aromatic heterocycles. The van der Waals surface area contributed by atoms with E-state index in [1.165, 1.54) is 6.26 Å². The topological polar surface area (TPSA) is 80.6 Å². The maximum absolute atomic E-state index is 11.9. The van der Waals surface area contributed by atoms with Gasteiger partial charge < -0.3 is 19.8 Å². The van der Waals surface area contributed by atoms with Crippen LogP contribution in [0.1, 0.15) is 21.7 Å². The van der Waals surface area contributed by atoms with Crippen LogP contribution in [0.4, 0.5) is 5.69 Å². The second-order valence-electron chi connectivity index (χ2n) is 6.01. The van der Waals surface area contributed by atoms with Gasteiger partial charge in [0.25, 0.3) is 11.8 Å². The third kappa shape index (κ3) is 5.47. The standard InChI is InChI=1S/C21H20N2O4/c1-15-4-2-5-18(12-15)27-14-20(24)22-13-16-7-9-17(10-8-16)23-21(25)19-6-3-11-26-19/h2-12H,13-14H2,1H3,(H,22,24)(H,23,25). The van der Waals surface area contributed by atoms with E-state index < -0.39 is 0 Å². The Bertz CT molecular complexity index is 902. The number of aryl methyl sites for hydroxylation is 1. The molecule has 0 aliphatic carbocycles. The predicted octanol–water partition coefficient (Wildman–Crippen LogP) is 3.54. The van der Waals surface area contributed by atoms with Gasteiger partial charge in [0.05, 0.1) is 6.26 Å². The molecule has 2 amide bonds. The molecule has 6 nitrogen and oxygen atoms in total. The number of furan rings is 1. The van der Waals surface area contributed by atoms with E-state index in [0.29, 0.717) is 18.0 Å². The zero-order valence-corrected chi connectivity index (χ0v) is 14.9. The fourth-order valence-electron chi connectivity index (χ4n) is 2.41. The molecule has 6 heteroatoms. The fraction of sp³-hybridized carbons (Fsp3) is 0.143. The van der Waals surface area contributed by atoms with Crippen molar-refractivity contribution in [3.8, 4) is 5.75 Å². The van der Waals surface area contributed by atoms with Gasteiger partial charge in [-0.25, -0.2) is 0 Å². The summed E-state index contributed by atoms with van der Waals surface area (Å²) in [6.07, 6.45) is 1.45. The number of rotatable bonds is 7. The zero-order chi connectivity index (χ0) is 19.1. The molecule has 2 N–H and O–H groups in total. The number of carbonyl (C=O) groups excluding carboxylic acids is 2. The lowest BCUT2D eigenvalue weighted by atomic mass is 10.2. The first-order valence-electron chi connectivity index (χ1n) is 8.50. The number of hydrogen-bond donors (Lipinski definition) is 2. The highest BCUT2D eigenvalue weighted by atomic mass is 16.5. The van der Waals surface area contributed by atoms with Gasteiger partial charge >= 0.3 is 0 Å². The number of nitrogens with one attached hydrogen (secondary N) is 2. The van der Waals surface area contributed by atoms with Crippen LogP contribution in [0.2, 0.25) is 0 Å². The normalized spacial score (nSPS) is 10.3. The van der Waals surface area contributed by atoms with Crippen LogP contribution in [-0.4, -0.2) is 18.4 Å². The molecule has 3 aromatic rings. The summed E-state index contributed by atoms with van der Waals surface area (Å²) in [6, 6.07) is 18.0. The maximum atomic E-state index is 11.9. The predicted molar refractivity (Wildman–Crippen MR) is 102 cm³/mol. The molecule has 0 saturated heterocycles. The molecule has 0 bridgehead atoms. The Morgan fingerprint density at radius 2 is 1.85 bits per heavy atom. The molecule has 2 aromatic carbocycles. The average molecular weight is 364 g/mol. The maximum Gasteiger partial charge on any atom is 0.291 e. The molecule has 1 heterocycles. The van der Waals surface area contributed by atoms with E-state index in [0.717, 1.165) is 11.1 Å². The molecule has 0 fully saturated rings. The molecule has 0 aliphatic heterocycles. The molecular weight excluding hydrogens is 344 g/mol. The van der Waals surface area contributed by atoms with Gasteiger partial charge in [-0.15, -0.1) is 0 Å². The Labute approximate surface area is 157 Å². The minimum absolute atomic E-state index is 0.0409. The number of amides is 2. The number of hydrogen-bond acceptors (Lipinski definition) is 4. The van der Waals surface area contributed by atoms with E-state index in [4.69, 9.17) is 9.15 Å². The third-order valence-corrected chi connectivity index (χ3v) is 3.81. The van der Waals surface area contributed by atoms with Crippen LogP contribution in [0.15, 0.2) is 71.3 Å². The first-order chi connectivity index (χ1) is 13.1. The number of benzene rings is 2. The van der Waals surface area contributed by atoms with Gasteiger partial charge in [0.1, 0.15) is 5.75 Å². The van der Waals surface area contributed by atoms with Crippen molar-refractivity contribution in [2.75, 3.05) is 11.9 Å². The number of carbonyl (C=O) groups is 2. The Morgan fingerprint density at radius 3 is 2.56 bits per heavy atom. The SMILES string of the molecule is Cc1cccc(OCC(=O)NCc2ccc(NC(=O)c3ccco3)cc2)c1. The lowest BCUT2D eigenvalue weighted by Crippen LogP contribution is -2.28. The summed E-state index contributed by atoms with van der Waals surface area (Å²) < 4.78 is 10.5. The molecule has 3 rings (SSSR count). The van der Waals surface area contributed by atoms with Crippen molar-refractivity contribution in [1.29, 1.82) is 0 Å². The van der Waals surface area contributed by atoms with Crippen molar-refractivity contribution in [3.63, 3.8) is 0 Å². The minimum atomic E-state index is -0.311. The molecule has 0 atom stereocenters. The third-order valence-electron chi connectivity index (χ3n) is 3.81. The van der Waals surface area contributed by atoms with E-state index in [1.807, 2.05) is 43.3 Å². The van der Waals surface area contributed by atoms with Gasteiger partial charge in [-0.1, -0.05) is 24.3 Å². The van der Waals surface area contributed by atoms with Crippen molar-refractivity contribution >= 4 is 17.5 Å². The van der Waals surface area contributed by atoms with Crippen LogP contribution >= 0.6 is 0 Å². The average Bonchev–Trinajstić information content (AvgIpc) is 3.21. The molecule has 0 radical (unpaired) electrons. The Morgan fingerprint density at radius 1 is 1.04 bits per heavy atom. The van der Waals surface area contributed by atoms with Crippen LogP contribution < -0.4 is 15.4 Å². The second-order valence-corrected chi connectivity index (χ2v) is 6.01. The first kappa shape index (κ1) is 18.3. The van der Waals surface area contributed by atoms with E-state index in [-0.39, 0.29) is 24.2 Å². The van der Waals surface area contributed by atoms with Crippen molar-refractivity contribution in [1.82, 2.24) is 5.32 Å². The van der Waals surface area contributed by atoms with E-state index >= 15 is 0 Å². The van der Waals surface area contributed by atoms with Gasteiger partial charge in [0, 0.05) is 12.2 Å². The quantitative estimate of drug-likeness (QED) is 0.672. The Kier molecular flexibility index (Phi) is 5.89. The molecular formula is C21H20N2O4. The lowest BCUT2D eigenvalue weighted by molar-refractivity contribution is -0.123. The smallest absolute Gasteiger partial charge is 0.291 e. The van der Waals surface area contributed by atoms with Gasteiger partial charge in [-0.3, -0.25) is 9.59 Å². The van der Waals surface area contributed by atoms with Crippen LogP contribution in [-0.2, 0) is 11.3 Å². The molecule has 138 valence electrons. The molecule has 0 unspecified atom stereocenters. The highest BCUT2D eigenvalue weighted by molar-refractivity contribution is 6.02. The summed E-state index contributed by atoms with van der Waals surface area (Å²) in [5.74, 6) is 0.405. The highest BCUT2D eigenvalue weighted by Gasteiger charge is 2.08. The van der Waals surface area contributed by atoms with Gasteiger partial charge in [-0.2, -0.15) is 0 Å². The monoisotopic (exact) mass is 364 g/mol. The summed E-state index contributed by atoms with van der Waals surface area (Å²) in [7, 11) is 0. The molecule has 0 saturated carbocycles.